The first-order valence-corrected chi connectivity index (χ1v) is 8.64. The van der Waals surface area contributed by atoms with Gasteiger partial charge in [0.05, 0.1) is 0 Å². The van der Waals surface area contributed by atoms with Gasteiger partial charge in [-0.3, -0.25) is 0 Å². The highest BCUT2D eigenvalue weighted by Gasteiger charge is 2.29. The van der Waals surface area contributed by atoms with Crippen molar-refractivity contribution >= 4 is 0 Å². The van der Waals surface area contributed by atoms with Gasteiger partial charge < -0.3 is 10.2 Å². The Kier molecular flexibility index (Phi) is 8.72. The molecule has 1 saturated carbocycles. The number of nitrogens with one attached hydrogen (secondary N) is 1. The lowest BCUT2D eigenvalue weighted by molar-refractivity contribution is 0.141. The van der Waals surface area contributed by atoms with Crippen LogP contribution in [0.25, 0.3) is 0 Å². The van der Waals surface area contributed by atoms with E-state index in [2.05, 4.69) is 38.0 Å². The normalized spacial score (nSPS) is 27.9. The fraction of sp³-hybridized carbons (Fsp3) is 1.00. The standard InChI is InChI=1S/C17H36N2/c1-5-8-12-19(7-3)14-16-13-15(9-6-2)10-11-17(16)18-4/h15-18H,5-14H2,1-4H3. The number of nitrogens with zero attached hydrogens (tertiary/aromatic N) is 1. The first-order chi connectivity index (χ1) is 9.24. The number of rotatable bonds is 9. The predicted octanol–water partition coefficient (Wildman–Crippen LogP) is 3.91. The van der Waals surface area contributed by atoms with E-state index >= 15 is 0 Å². The number of unbranched alkanes of at least 4 members (excludes halogenated alkanes) is 1. The third-order valence-corrected chi connectivity index (χ3v) is 4.93. The lowest BCUT2D eigenvalue weighted by atomic mass is 9.76. The van der Waals surface area contributed by atoms with Crippen molar-refractivity contribution in [3.8, 4) is 0 Å². The average molecular weight is 268 g/mol. The zero-order valence-corrected chi connectivity index (χ0v) is 13.8. The quantitative estimate of drug-likeness (QED) is 0.682. The monoisotopic (exact) mass is 268 g/mol. The van der Waals surface area contributed by atoms with Crippen molar-refractivity contribution < 1.29 is 0 Å². The van der Waals surface area contributed by atoms with Gasteiger partial charge >= 0.3 is 0 Å². The molecule has 1 rings (SSSR count). The van der Waals surface area contributed by atoms with Crippen LogP contribution >= 0.6 is 0 Å². The van der Waals surface area contributed by atoms with Gasteiger partial charge in [-0.1, -0.05) is 40.0 Å². The lowest BCUT2D eigenvalue weighted by Gasteiger charge is -2.39. The molecule has 0 aromatic carbocycles. The third kappa shape index (κ3) is 5.83. The summed E-state index contributed by atoms with van der Waals surface area (Å²) in [5.74, 6) is 1.86. The smallest absolute Gasteiger partial charge is 0.0105 e. The molecule has 1 N–H and O–H groups in total. The minimum Gasteiger partial charge on any atom is -0.317 e. The predicted molar refractivity (Wildman–Crippen MR) is 85.6 cm³/mol. The summed E-state index contributed by atoms with van der Waals surface area (Å²) in [4.78, 5) is 2.67. The minimum atomic E-state index is 0.754. The molecule has 19 heavy (non-hydrogen) atoms. The summed E-state index contributed by atoms with van der Waals surface area (Å²) in [6.07, 6.45) is 9.73. The van der Waals surface area contributed by atoms with E-state index in [1.165, 1.54) is 64.6 Å². The SMILES string of the molecule is CCCCN(CC)CC1CC(CCC)CCC1NC. The van der Waals surface area contributed by atoms with Crippen molar-refractivity contribution in [3.63, 3.8) is 0 Å². The molecule has 1 fully saturated rings. The molecule has 0 aromatic rings. The molecule has 0 aliphatic heterocycles. The van der Waals surface area contributed by atoms with Crippen LogP contribution in [0.2, 0.25) is 0 Å². The van der Waals surface area contributed by atoms with Crippen molar-refractivity contribution in [2.24, 2.45) is 11.8 Å². The van der Waals surface area contributed by atoms with E-state index in [9.17, 15) is 0 Å². The van der Waals surface area contributed by atoms with Crippen molar-refractivity contribution in [1.82, 2.24) is 10.2 Å². The highest BCUT2D eigenvalue weighted by Crippen LogP contribution is 2.32. The Bertz CT molecular complexity index is 217. The summed E-state index contributed by atoms with van der Waals surface area (Å²) < 4.78 is 0. The first-order valence-electron chi connectivity index (χ1n) is 8.64. The van der Waals surface area contributed by atoms with Crippen LogP contribution in [-0.2, 0) is 0 Å². The zero-order valence-electron chi connectivity index (χ0n) is 13.8. The molecule has 0 bridgehead atoms. The van der Waals surface area contributed by atoms with Crippen LogP contribution < -0.4 is 5.32 Å². The second kappa shape index (κ2) is 9.77. The zero-order chi connectivity index (χ0) is 14.1. The van der Waals surface area contributed by atoms with Crippen LogP contribution in [0.15, 0.2) is 0 Å². The molecule has 3 unspecified atom stereocenters. The Morgan fingerprint density at radius 3 is 2.47 bits per heavy atom. The maximum absolute atomic E-state index is 3.58. The van der Waals surface area contributed by atoms with Crippen molar-refractivity contribution in [2.45, 2.75) is 71.8 Å². The lowest BCUT2D eigenvalue weighted by Crippen LogP contribution is -2.44. The molecule has 2 nitrogen and oxygen atoms in total. The maximum Gasteiger partial charge on any atom is 0.0105 e. The van der Waals surface area contributed by atoms with Crippen LogP contribution in [-0.4, -0.2) is 37.6 Å². The van der Waals surface area contributed by atoms with Crippen LogP contribution in [0.4, 0.5) is 0 Å². The van der Waals surface area contributed by atoms with E-state index in [0.29, 0.717) is 0 Å². The number of hydrogen-bond acceptors (Lipinski definition) is 2. The van der Waals surface area contributed by atoms with Gasteiger partial charge in [-0.05, 0) is 57.7 Å². The Labute approximate surface area is 121 Å². The summed E-state index contributed by atoms with van der Waals surface area (Å²) in [7, 11) is 2.15. The summed E-state index contributed by atoms with van der Waals surface area (Å²) in [5.41, 5.74) is 0. The van der Waals surface area contributed by atoms with E-state index in [0.717, 1.165) is 17.9 Å². The third-order valence-electron chi connectivity index (χ3n) is 4.93. The molecule has 0 amide bonds. The Balaban J connectivity index is 2.48. The molecule has 2 heteroatoms. The van der Waals surface area contributed by atoms with Gasteiger partial charge in [-0.25, -0.2) is 0 Å². The minimum absolute atomic E-state index is 0.754. The maximum atomic E-state index is 3.58. The van der Waals surface area contributed by atoms with Crippen LogP contribution in [0.3, 0.4) is 0 Å². The number of hydrogen-bond donors (Lipinski definition) is 1. The van der Waals surface area contributed by atoms with E-state index in [1.807, 2.05) is 0 Å². The molecule has 1 aliphatic carbocycles. The molecule has 0 radical (unpaired) electrons. The van der Waals surface area contributed by atoms with Crippen LogP contribution in [0, 0.1) is 11.8 Å². The first kappa shape index (κ1) is 17.0. The van der Waals surface area contributed by atoms with Gasteiger partial charge in [0.25, 0.3) is 0 Å². The van der Waals surface area contributed by atoms with E-state index in [1.54, 1.807) is 0 Å². The highest BCUT2D eigenvalue weighted by atomic mass is 15.1. The van der Waals surface area contributed by atoms with Gasteiger partial charge in [0.1, 0.15) is 0 Å². The van der Waals surface area contributed by atoms with E-state index in [-0.39, 0.29) is 0 Å². The molecule has 114 valence electrons. The molecule has 0 saturated heterocycles. The largest absolute Gasteiger partial charge is 0.317 e. The topological polar surface area (TPSA) is 15.3 Å². The van der Waals surface area contributed by atoms with Gasteiger partial charge in [-0.15, -0.1) is 0 Å². The second-order valence-electron chi connectivity index (χ2n) is 6.37. The van der Waals surface area contributed by atoms with Gasteiger partial charge in [0, 0.05) is 12.6 Å². The Morgan fingerprint density at radius 2 is 1.89 bits per heavy atom. The molecular weight excluding hydrogens is 232 g/mol. The Hall–Kier alpha value is -0.0800. The van der Waals surface area contributed by atoms with E-state index < -0.39 is 0 Å². The summed E-state index contributed by atoms with van der Waals surface area (Å²) in [6.45, 7) is 10.8. The fourth-order valence-corrected chi connectivity index (χ4v) is 3.71. The van der Waals surface area contributed by atoms with Gasteiger partial charge in [0.2, 0.25) is 0 Å². The summed E-state index contributed by atoms with van der Waals surface area (Å²) >= 11 is 0. The van der Waals surface area contributed by atoms with E-state index in [4.69, 9.17) is 0 Å². The molecule has 3 atom stereocenters. The molecule has 0 spiro atoms. The molecule has 1 aliphatic rings. The van der Waals surface area contributed by atoms with Crippen molar-refractivity contribution in [2.75, 3.05) is 26.7 Å². The fourth-order valence-electron chi connectivity index (χ4n) is 3.71. The Morgan fingerprint density at radius 1 is 1.11 bits per heavy atom. The van der Waals surface area contributed by atoms with Gasteiger partial charge in [0.15, 0.2) is 0 Å². The van der Waals surface area contributed by atoms with Gasteiger partial charge in [-0.2, -0.15) is 0 Å². The molecular formula is C17H36N2. The van der Waals surface area contributed by atoms with Crippen LogP contribution in [0.1, 0.15) is 65.7 Å². The second-order valence-corrected chi connectivity index (χ2v) is 6.37. The summed E-state index contributed by atoms with van der Waals surface area (Å²) in [5, 5.41) is 3.58. The molecule has 0 heterocycles. The molecule has 0 aromatic heterocycles. The van der Waals surface area contributed by atoms with Crippen molar-refractivity contribution in [1.29, 1.82) is 0 Å². The van der Waals surface area contributed by atoms with Crippen molar-refractivity contribution in [3.05, 3.63) is 0 Å². The highest BCUT2D eigenvalue weighted by molar-refractivity contribution is 4.85. The van der Waals surface area contributed by atoms with Crippen LogP contribution in [0.5, 0.6) is 0 Å². The average Bonchev–Trinajstić information content (AvgIpc) is 2.44. The summed E-state index contributed by atoms with van der Waals surface area (Å²) in [6, 6.07) is 0.754.